The predicted molar refractivity (Wildman–Crippen MR) is 75.7 cm³/mol. The Hall–Kier alpha value is -1.12. The predicted octanol–water partition coefficient (Wildman–Crippen LogP) is 5.11. The first-order valence-electron chi connectivity index (χ1n) is 7.57. The van der Waals surface area contributed by atoms with Gasteiger partial charge in [0.1, 0.15) is 5.75 Å². The average molecular weight is 280 g/mol. The summed E-state index contributed by atoms with van der Waals surface area (Å²) in [4.78, 5) is 0. The molecule has 2 fully saturated rings. The van der Waals surface area contributed by atoms with Gasteiger partial charge in [0.2, 0.25) is 0 Å². The van der Waals surface area contributed by atoms with Crippen molar-refractivity contribution in [3.8, 4) is 5.75 Å². The first-order chi connectivity index (χ1) is 9.51. The Kier molecular flexibility index (Phi) is 3.47. The van der Waals surface area contributed by atoms with Crippen LogP contribution in [-0.2, 0) is 0 Å². The summed E-state index contributed by atoms with van der Waals surface area (Å²) in [6, 6.07) is 5.67. The molecule has 0 radical (unpaired) electrons. The Morgan fingerprint density at radius 2 is 1.75 bits per heavy atom. The fourth-order valence-corrected chi connectivity index (χ4v) is 3.47. The number of methoxy groups -OCH3 is 1. The van der Waals surface area contributed by atoms with Crippen LogP contribution in [0.2, 0.25) is 0 Å². The molecular weight excluding hydrogens is 258 g/mol. The summed E-state index contributed by atoms with van der Waals surface area (Å²) in [6.45, 7) is 2.28. The van der Waals surface area contributed by atoms with E-state index < -0.39 is 11.8 Å². The second-order valence-corrected chi connectivity index (χ2v) is 6.47. The average Bonchev–Trinajstić information content (AvgIpc) is 3.07. The number of hydrogen-bond acceptors (Lipinski definition) is 1. The Morgan fingerprint density at radius 1 is 1.10 bits per heavy atom. The highest BCUT2D eigenvalue weighted by molar-refractivity contribution is 5.43. The molecule has 0 saturated heterocycles. The minimum Gasteiger partial charge on any atom is -0.497 e. The van der Waals surface area contributed by atoms with E-state index in [1.165, 1.54) is 12.8 Å². The van der Waals surface area contributed by atoms with Crippen LogP contribution in [0.5, 0.6) is 5.75 Å². The lowest BCUT2D eigenvalue weighted by Gasteiger charge is -2.28. The fourth-order valence-electron chi connectivity index (χ4n) is 3.47. The molecule has 0 N–H and O–H groups in total. The van der Waals surface area contributed by atoms with Gasteiger partial charge in [0.25, 0.3) is 5.92 Å². The molecule has 0 spiro atoms. The monoisotopic (exact) mass is 280 g/mol. The van der Waals surface area contributed by atoms with Crippen LogP contribution in [0.4, 0.5) is 8.78 Å². The molecule has 0 bridgehead atoms. The third kappa shape index (κ3) is 2.55. The van der Waals surface area contributed by atoms with Gasteiger partial charge in [-0.15, -0.1) is 0 Å². The topological polar surface area (TPSA) is 9.23 Å². The Labute approximate surface area is 119 Å². The summed E-state index contributed by atoms with van der Waals surface area (Å²) < 4.78 is 32.2. The van der Waals surface area contributed by atoms with E-state index in [1.807, 2.05) is 18.2 Å². The number of rotatable bonds is 3. The maximum atomic E-state index is 13.4. The molecule has 3 heteroatoms. The zero-order valence-corrected chi connectivity index (χ0v) is 12.2. The third-order valence-corrected chi connectivity index (χ3v) is 4.95. The van der Waals surface area contributed by atoms with E-state index in [2.05, 4.69) is 6.92 Å². The van der Waals surface area contributed by atoms with Crippen LogP contribution in [0.25, 0.3) is 0 Å². The van der Waals surface area contributed by atoms with Crippen molar-refractivity contribution in [3.05, 3.63) is 29.3 Å². The molecule has 0 heterocycles. The van der Waals surface area contributed by atoms with Crippen LogP contribution in [0.1, 0.15) is 62.0 Å². The first kappa shape index (κ1) is 13.8. The van der Waals surface area contributed by atoms with Gasteiger partial charge >= 0.3 is 0 Å². The van der Waals surface area contributed by atoms with E-state index >= 15 is 0 Å². The third-order valence-electron chi connectivity index (χ3n) is 4.95. The van der Waals surface area contributed by atoms with E-state index in [4.69, 9.17) is 4.74 Å². The molecule has 2 saturated carbocycles. The lowest BCUT2D eigenvalue weighted by Crippen LogP contribution is -2.13. The Bertz CT molecular complexity index is 490. The number of benzene rings is 1. The molecule has 1 unspecified atom stereocenters. The molecule has 2 aliphatic carbocycles. The minimum atomic E-state index is -2.49. The molecule has 2 aliphatic rings. The van der Waals surface area contributed by atoms with Crippen LogP contribution in [0.15, 0.2) is 18.2 Å². The number of alkyl halides is 2. The van der Waals surface area contributed by atoms with Crippen molar-refractivity contribution in [1.82, 2.24) is 0 Å². The van der Waals surface area contributed by atoms with Crippen molar-refractivity contribution in [2.45, 2.75) is 56.8 Å². The van der Waals surface area contributed by atoms with Gasteiger partial charge in [-0.05, 0) is 47.9 Å². The van der Waals surface area contributed by atoms with Crippen molar-refractivity contribution < 1.29 is 13.5 Å². The zero-order chi connectivity index (χ0) is 14.3. The van der Waals surface area contributed by atoms with Gasteiger partial charge in [-0.3, -0.25) is 0 Å². The lowest BCUT2D eigenvalue weighted by atomic mass is 9.77. The molecule has 1 aromatic carbocycles. The van der Waals surface area contributed by atoms with Gasteiger partial charge in [-0.25, -0.2) is 8.78 Å². The molecule has 110 valence electrons. The van der Waals surface area contributed by atoms with Gasteiger partial charge in [0.15, 0.2) is 0 Å². The number of hydrogen-bond donors (Lipinski definition) is 0. The van der Waals surface area contributed by atoms with Crippen LogP contribution in [0, 0.1) is 5.92 Å². The summed E-state index contributed by atoms with van der Waals surface area (Å²) in [5, 5.41) is 0. The van der Waals surface area contributed by atoms with Crippen molar-refractivity contribution >= 4 is 0 Å². The van der Waals surface area contributed by atoms with Gasteiger partial charge < -0.3 is 4.74 Å². The highest BCUT2D eigenvalue weighted by Crippen LogP contribution is 2.58. The van der Waals surface area contributed by atoms with Crippen LogP contribution in [-0.4, -0.2) is 13.0 Å². The summed E-state index contributed by atoms with van der Waals surface area (Å²) in [7, 11) is 1.63. The molecule has 1 nitrogen and oxygen atoms in total. The van der Waals surface area contributed by atoms with Crippen molar-refractivity contribution in [2.24, 2.45) is 5.92 Å². The summed E-state index contributed by atoms with van der Waals surface area (Å²) in [5.74, 6) is -1.09. The fraction of sp³-hybridized carbons (Fsp3) is 0.647. The van der Waals surface area contributed by atoms with Crippen molar-refractivity contribution in [2.75, 3.05) is 7.11 Å². The number of ether oxygens (including phenoxy) is 1. The largest absolute Gasteiger partial charge is 0.497 e. The quantitative estimate of drug-likeness (QED) is 0.747. The Balaban J connectivity index is 1.90. The van der Waals surface area contributed by atoms with E-state index in [1.54, 1.807) is 7.11 Å². The van der Waals surface area contributed by atoms with Gasteiger partial charge in [0.05, 0.1) is 13.0 Å². The van der Waals surface area contributed by atoms with Crippen molar-refractivity contribution in [3.63, 3.8) is 0 Å². The molecule has 0 amide bonds. The van der Waals surface area contributed by atoms with Crippen LogP contribution >= 0.6 is 0 Å². The number of halogens is 2. The smallest absolute Gasteiger partial charge is 0.255 e. The second kappa shape index (κ2) is 5.01. The molecule has 0 aromatic heterocycles. The molecule has 3 rings (SSSR count). The van der Waals surface area contributed by atoms with Crippen LogP contribution in [0.3, 0.4) is 0 Å². The lowest BCUT2D eigenvalue weighted by molar-refractivity contribution is 0.112. The molecule has 0 aliphatic heterocycles. The normalized spacial score (nSPS) is 31.9. The minimum absolute atomic E-state index is 0.00938. The highest BCUT2D eigenvalue weighted by Gasteiger charge is 2.58. The van der Waals surface area contributed by atoms with Gasteiger partial charge in [-0.1, -0.05) is 25.8 Å². The van der Waals surface area contributed by atoms with Gasteiger partial charge in [0, 0.05) is 6.42 Å². The van der Waals surface area contributed by atoms with Crippen LogP contribution < -0.4 is 4.74 Å². The molecule has 1 atom stereocenters. The maximum absolute atomic E-state index is 13.4. The van der Waals surface area contributed by atoms with E-state index in [0.29, 0.717) is 5.92 Å². The zero-order valence-electron chi connectivity index (χ0n) is 12.2. The van der Waals surface area contributed by atoms with Crippen molar-refractivity contribution in [1.29, 1.82) is 0 Å². The summed E-state index contributed by atoms with van der Waals surface area (Å²) in [6.07, 6.45) is 4.62. The van der Waals surface area contributed by atoms with E-state index in [-0.39, 0.29) is 6.42 Å². The first-order valence-corrected chi connectivity index (χ1v) is 7.57. The highest BCUT2D eigenvalue weighted by atomic mass is 19.3. The molecule has 20 heavy (non-hydrogen) atoms. The molecule has 1 aromatic rings. The Morgan fingerprint density at radius 3 is 2.30 bits per heavy atom. The maximum Gasteiger partial charge on any atom is 0.255 e. The standard InChI is InChI=1S/C17H22F2O/c1-11-3-5-12(6-4-11)15-9-13(20-2)7-8-14(15)16-10-17(16,18)19/h7-9,11-12,16H,3-6,10H2,1-2H3. The van der Waals surface area contributed by atoms with E-state index in [0.717, 1.165) is 35.6 Å². The molecular formula is C17H22F2O. The van der Waals surface area contributed by atoms with Gasteiger partial charge in [-0.2, -0.15) is 0 Å². The SMILES string of the molecule is COc1ccc(C2CC2(F)F)c(C2CCC(C)CC2)c1. The summed E-state index contributed by atoms with van der Waals surface area (Å²) >= 11 is 0. The van der Waals surface area contributed by atoms with E-state index in [9.17, 15) is 8.78 Å². The summed E-state index contributed by atoms with van der Waals surface area (Å²) in [5.41, 5.74) is 1.97. The second-order valence-electron chi connectivity index (χ2n) is 6.47.